The highest BCUT2D eigenvalue weighted by Gasteiger charge is 2.09. The van der Waals surface area contributed by atoms with Crippen LogP contribution in [-0.2, 0) is 24.4 Å². The Hall–Kier alpha value is -3.15. The molecule has 3 aromatic rings. The largest absolute Gasteiger partial charge is 0.489 e. The number of ether oxygens (including phenoxy) is 1. The summed E-state index contributed by atoms with van der Waals surface area (Å²) in [6.45, 7) is 2.97. The number of aryl methyl sites for hydroxylation is 1. The summed E-state index contributed by atoms with van der Waals surface area (Å²) in [5.74, 6) is -0.268. The van der Waals surface area contributed by atoms with Crippen molar-refractivity contribution in [2.45, 2.75) is 26.5 Å². The average Bonchev–Trinajstić information content (AvgIpc) is 2.75. The van der Waals surface area contributed by atoms with Crippen molar-refractivity contribution in [2.75, 3.05) is 7.11 Å². The molecule has 0 spiro atoms. The maximum absolute atomic E-state index is 11.0. The van der Waals surface area contributed by atoms with E-state index >= 15 is 0 Å². The predicted molar refractivity (Wildman–Crippen MR) is 115 cm³/mol. The first-order valence-corrected chi connectivity index (χ1v) is 9.33. The minimum Gasteiger partial charge on any atom is -0.489 e. The fraction of sp³-hybridized carbons (Fsp3) is 0.208. The molecule has 0 aliphatic heterocycles. The van der Waals surface area contributed by atoms with Crippen LogP contribution in [0.2, 0.25) is 0 Å². The Morgan fingerprint density at radius 2 is 1.72 bits per heavy atom. The van der Waals surface area contributed by atoms with Crippen molar-refractivity contribution in [1.29, 1.82) is 0 Å². The zero-order valence-corrected chi connectivity index (χ0v) is 16.8. The number of carboxylic acids is 1. The van der Waals surface area contributed by atoms with E-state index < -0.39 is 5.97 Å². The molecule has 3 rings (SSSR count). The van der Waals surface area contributed by atoms with Gasteiger partial charge in [-0.3, -0.25) is 4.79 Å². The number of hydrogen-bond donors (Lipinski definition) is 3. The molecule has 152 valence electrons. The Morgan fingerprint density at radius 3 is 2.45 bits per heavy atom. The highest BCUT2D eigenvalue weighted by atomic mass is 16.5. The fourth-order valence-electron chi connectivity index (χ4n) is 3.05. The van der Waals surface area contributed by atoms with Crippen LogP contribution in [-0.4, -0.2) is 23.3 Å². The van der Waals surface area contributed by atoms with Crippen LogP contribution in [0.25, 0.3) is 11.1 Å². The summed E-state index contributed by atoms with van der Waals surface area (Å²) >= 11 is 0. The summed E-state index contributed by atoms with van der Waals surface area (Å²) in [6.07, 6.45) is -0.0544. The van der Waals surface area contributed by atoms with Gasteiger partial charge in [0.05, 0.1) is 6.42 Å². The standard InChI is InChI=1S/C23H23NO3.CH4O/c1-16-9-10-18(12-21(16)19-7-4-5-17(11-19)14-24)15-27-22-8-3-2-6-20(22)13-23(25)26;1-2/h2-12H,13-15,24H2,1H3,(H,25,26);2H,1H3. The van der Waals surface area contributed by atoms with Crippen molar-refractivity contribution in [3.8, 4) is 16.9 Å². The second-order valence-corrected chi connectivity index (χ2v) is 6.52. The summed E-state index contributed by atoms with van der Waals surface area (Å²) in [5.41, 5.74) is 12.0. The van der Waals surface area contributed by atoms with Crippen LogP contribution >= 0.6 is 0 Å². The minimum absolute atomic E-state index is 0.0544. The van der Waals surface area contributed by atoms with Gasteiger partial charge in [-0.05, 0) is 52.9 Å². The molecule has 0 amide bonds. The molecule has 0 aliphatic carbocycles. The van der Waals surface area contributed by atoms with Crippen LogP contribution in [0.1, 0.15) is 22.3 Å². The monoisotopic (exact) mass is 393 g/mol. The number of benzene rings is 3. The van der Waals surface area contributed by atoms with E-state index in [1.807, 2.05) is 30.3 Å². The Morgan fingerprint density at radius 1 is 0.966 bits per heavy atom. The summed E-state index contributed by atoms with van der Waals surface area (Å²) in [7, 11) is 1.00. The summed E-state index contributed by atoms with van der Waals surface area (Å²) in [6, 6.07) is 21.7. The lowest BCUT2D eigenvalue weighted by Gasteiger charge is -2.13. The predicted octanol–water partition coefficient (Wildman–Crippen LogP) is 3.94. The van der Waals surface area contributed by atoms with Crippen molar-refractivity contribution in [1.82, 2.24) is 0 Å². The molecule has 0 aliphatic rings. The molecule has 0 aromatic heterocycles. The molecular weight excluding hydrogens is 366 g/mol. The topological polar surface area (TPSA) is 92.8 Å². The van der Waals surface area contributed by atoms with Gasteiger partial charge < -0.3 is 20.7 Å². The molecule has 5 heteroatoms. The first-order valence-electron chi connectivity index (χ1n) is 9.33. The fourth-order valence-corrected chi connectivity index (χ4v) is 3.05. The minimum atomic E-state index is -0.872. The number of para-hydroxylation sites is 1. The molecule has 0 unspecified atom stereocenters. The van der Waals surface area contributed by atoms with Gasteiger partial charge in [0.2, 0.25) is 0 Å². The van der Waals surface area contributed by atoms with Gasteiger partial charge in [0.25, 0.3) is 0 Å². The number of rotatable bonds is 7. The SMILES string of the molecule is CO.Cc1ccc(COc2ccccc2CC(=O)O)cc1-c1cccc(CN)c1. The van der Waals surface area contributed by atoms with Gasteiger partial charge in [0.15, 0.2) is 0 Å². The van der Waals surface area contributed by atoms with Crippen LogP contribution < -0.4 is 10.5 Å². The van der Waals surface area contributed by atoms with Gasteiger partial charge >= 0.3 is 5.97 Å². The van der Waals surface area contributed by atoms with Gasteiger partial charge in [-0.15, -0.1) is 0 Å². The van der Waals surface area contributed by atoms with Crippen LogP contribution in [0, 0.1) is 6.92 Å². The number of aliphatic hydroxyl groups is 1. The van der Waals surface area contributed by atoms with Crippen LogP contribution in [0.3, 0.4) is 0 Å². The molecule has 29 heavy (non-hydrogen) atoms. The quantitative estimate of drug-likeness (QED) is 0.565. The van der Waals surface area contributed by atoms with E-state index in [1.165, 1.54) is 5.56 Å². The van der Waals surface area contributed by atoms with Gasteiger partial charge in [-0.2, -0.15) is 0 Å². The lowest BCUT2D eigenvalue weighted by atomic mass is 9.97. The third-order valence-corrected chi connectivity index (χ3v) is 4.48. The molecule has 0 fully saturated rings. The lowest BCUT2D eigenvalue weighted by Crippen LogP contribution is -2.04. The van der Waals surface area contributed by atoms with Crippen LogP contribution in [0.15, 0.2) is 66.7 Å². The molecular formula is C24H27NO4. The third kappa shape index (κ3) is 6.17. The highest BCUT2D eigenvalue weighted by Crippen LogP contribution is 2.27. The van der Waals surface area contributed by atoms with E-state index in [-0.39, 0.29) is 6.42 Å². The average molecular weight is 393 g/mol. The van der Waals surface area contributed by atoms with Gasteiger partial charge in [-0.1, -0.05) is 48.5 Å². The molecule has 0 heterocycles. The normalized spacial score (nSPS) is 10.1. The lowest BCUT2D eigenvalue weighted by molar-refractivity contribution is -0.136. The second kappa shape index (κ2) is 11.0. The van der Waals surface area contributed by atoms with Crippen molar-refractivity contribution < 1.29 is 19.7 Å². The molecule has 0 radical (unpaired) electrons. The number of aliphatic carboxylic acids is 1. The Labute approximate surface area is 171 Å². The van der Waals surface area contributed by atoms with Gasteiger partial charge in [0.1, 0.15) is 12.4 Å². The number of aliphatic hydroxyl groups excluding tert-OH is 1. The smallest absolute Gasteiger partial charge is 0.307 e. The molecule has 0 atom stereocenters. The summed E-state index contributed by atoms with van der Waals surface area (Å²) in [5, 5.41) is 16.0. The zero-order chi connectivity index (χ0) is 21.2. The van der Waals surface area contributed by atoms with Crippen molar-refractivity contribution in [2.24, 2.45) is 5.73 Å². The molecule has 3 aromatic carbocycles. The van der Waals surface area contributed by atoms with Crippen LogP contribution in [0.5, 0.6) is 5.75 Å². The van der Waals surface area contributed by atoms with Crippen molar-refractivity contribution >= 4 is 5.97 Å². The van der Waals surface area contributed by atoms with Crippen molar-refractivity contribution in [3.63, 3.8) is 0 Å². The van der Waals surface area contributed by atoms with Crippen LogP contribution in [0.4, 0.5) is 0 Å². The first kappa shape index (κ1) is 22.1. The maximum Gasteiger partial charge on any atom is 0.307 e. The Bertz CT molecular complexity index is 953. The van der Waals surface area contributed by atoms with E-state index in [0.717, 1.165) is 29.4 Å². The maximum atomic E-state index is 11.0. The number of carbonyl (C=O) groups is 1. The third-order valence-electron chi connectivity index (χ3n) is 4.48. The van der Waals surface area contributed by atoms with E-state index in [0.29, 0.717) is 24.5 Å². The number of hydrogen-bond acceptors (Lipinski definition) is 4. The highest BCUT2D eigenvalue weighted by molar-refractivity contribution is 5.71. The summed E-state index contributed by atoms with van der Waals surface area (Å²) in [4.78, 5) is 11.0. The zero-order valence-electron chi connectivity index (χ0n) is 16.8. The summed E-state index contributed by atoms with van der Waals surface area (Å²) < 4.78 is 5.92. The number of carboxylic acid groups (broad SMARTS) is 1. The second-order valence-electron chi connectivity index (χ2n) is 6.52. The van der Waals surface area contributed by atoms with E-state index in [1.54, 1.807) is 12.1 Å². The molecule has 5 nitrogen and oxygen atoms in total. The number of nitrogens with two attached hydrogens (primary N) is 1. The molecule has 0 saturated heterocycles. The van der Waals surface area contributed by atoms with Gasteiger partial charge in [-0.25, -0.2) is 0 Å². The molecule has 4 N–H and O–H groups in total. The van der Waals surface area contributed by atoms with E-state index in [2.05, 4.69) is 31.2 Å². The molecule has 0 saturated carbocycles. The van der Waals surface area contributed by atoms with Crippen molar-refractivity contribution in [3.05, 3.63) is 89.0 Å². The Balaban J connectivity index is 0.00000145. The first-order chi connectivity index (χ1) is 14.1. The van der Waals surface area contributed by atoms with Gasteiger partial charge in [0, 0.05) is 19.2 Å². The molecule has 0 bridgehead atoms. The Kier molecular flexibility index (Phi) is 8.40. The van der Waals surface area contributed by atoms with E-state index in [4.69, 9.17) is 20.7 Å². The van der Waals surface area contributed by atoms with E-state index in [9.17, 15) is 4.79 Å².